The average Bonchev–Trinajstić information content (AvgIpc) is 2.42. The number of halogens is 1. The molecule has 0 radical (unpaired) electrons. The summed E-state index contributed by atoms with van der Waals surface area (Å²) >= 11 is 0. The Balaban J connectivity index is 0.00000529. The number of guanidine groups is 1. The van der Waals surface area contributed by atoms with Gasteiger partial charge in [0.1, 0.15) is 0 Å². The van der Waals surface area contributed by atoms with E-state index in [0.717, 1.165) is 11.1 Å². The Hall–Kier alpha value is -0.870. The van der Waals surface area contributed by atoms with E-state index < -0.39 is 10.0 Å². The predicted octanol–water partition coefficient (Wildman–Crippen LogP) is 2.21. The molecule has 8 heteroatoms. The van der Waals surface area contributed by atoms with Crippen LogP contribution in [0.25, 0.3) is 0 Å². The summed E-state index contributed by atoms with van der Waals surface area (Å²) in [5.74, 6) is 0.664. The zero-order valence-electron chi connectivity index (χ0n) is 15.0. The van der Waals surface area contributed by atoms with Crippen molar-refractivity contribution in [3.8, 4) is 0 Å². The maximum atomic E-state index is 12.1. The number of aliphatic imine (C=N–C) groups is 1. The number of nitrogens with zero attached hydrogens (tertiary/aromatic N) is 1. The van der Waals surface area contributed by atoms with E-state index in [2.05, 4.69) is 20.3 Å². The zero-order chi connectivity index (χ0) is 17.5. The molecule has 0 atom stereocenters. The molecule has 0 aliphatic rings. The highest BCUT2D eigenvalue weighted by Gasteiger charge is 2.15. The van der Waals surface area contributed by atoms with Crippen LogP contribution in [0.2, 0.25) is 0 Å². The van der Waals surface area contributed by atoms with E-state index in [-0.39, 0.29) is 41.8 Å². The highest BCUT2D eigenvalue weighted by atomic mass is 127. The Morgan fingerprint density at radius 1 is 1.08 bits per heavy atom. The van der Waals surface area contributed by atoms with E-state index in [0.29, 0.717) is 12.5 Å². The minimum absolute atomic E-state index is 0. The Labute approximate surface area is 163 Å². The van der Waals surface area contributed by atoms with Crippen molar-refractivity contribution in [3.05, 3.63) is 35.4 Å². The summed E-state index contributed by atoms with van der Waals surface area (Å²) in [6.45, 7) is 8.20. The van der Waals surface area contributed by atoms with Gasteiger partial charge in [-0.15, -0.1) is 24.0 Å². The van der Waals surface area contributed by atoms with Crippen LogP contribution in [-0.2, 0) is 22.3 Å². The lowest BCUT2D eigenvalue weighted by Gasteiger charge is -2.16. The minimum Gasteiger partial charge on any atom is -0.354 e. The standard InChI is InChI=1S/C16H28N4O2S.HI/c1-12(2)19-16(17-5)18-10-14-8-6-7-9-15(14)11-23(21,22)20-13(3)4;/h6-9,12-13,20H,10-11H2,1-5H3,(H2,17,18,19);1H. The van der Waals surface area contributed by atoms with Crippen LogP contribution < -0.4 is 15.4 Å². The quantitative estimate of drug-likeness (QED) is 0.326. The lowest BCUT2D eigenvalue weighted by atomic mass is 10.1. The molecule has 0 aromatic heterocycles. The van der Waals surface area contributed by atoms with Crippen LogP contribution in [0.15, 0.2) is 29.3 Å². The van der Waals surface area contributed by atoms with Crippen LogP contribution in [-0.4, -0.2) is 33.5 Å². The van der Waals surface area contributed by atoms with E-state index in [1.165, 1.54) is 0 Å². The van der Waals surface area contributed by atoms with Crippen molar-refractivity contribution in [2.24, 2.45) is 4.99 Å². The van der Waals surface area contributed by atoms with Crippen LogP contribution in [0.1, 0.15) is 38.8 Å². The van der Waals surface area contributed by atoms with Crippen molar-refractivity contribution in [2.45, 2.75) is 52.1 Å². The average molecular weight is 468 g/mol. The third-order valence-corrected chi connectivity index (χ3v) is 4.50. The van der Waals surface area contributed by atoms with Crippen LogP contribution in [0.3, 0.4) is 0 Å². The summed E-state index contributed by atoms with van der Waals surface area (Å²) in [7, 11) is -1.63. The molecule has 0 aliphatic heterocycles. The van der Waals surface area contributed by atoms with Crippen molar-refractivity contribution in [1.82, 2.24) is 15.4 Å². The number of rotatable bonds is 7. The minimum atomic E-state index is -3.34. The predicted molar refractivity (Wildman–Crippen MR) is 111 cm³/mol. The third-order valence-electron chi connectivity index (χ3n) is 2.97. The topological polar surface area (TPSA) is 82.6 Å². The van der Waals surface area contributed by atoms with E-state index >= 15 is 0 Å². The summed E-state index contributed by atoms with van der Waals surface area (Å²) in [5, 5.41) is 6.41. The molecule has 0 bridgehead atoms. The maximum Gasteiger partial charge on any atom is 0.216 e. The first-order chi connectivity index (χ1) is 10.7. The van der Waals surface area contributed by atoms with Crippen LogP contribution in [0.5, 0.6) is 0 Å². The zero-order valence-corrected chi connectivity index (χ0v) is 18.1. The first-order valence-electron chi connectivity index (χ1n) is 7.77. The fourth-order valence-electron chi connectivity index (χ4n) is 2.12. The number of benzene rings is 1. The Kier molecular flexibility index (Phi) is 10.5. The Morgan fingerprint density at radius 2 is 1.67 bits per heavy atom. The van der Waals surface area contributed by atoms with Crippen molar-refractivity contribution >= 4 is 40.0 Å². The maximum absolute atomic E-state index is 12.1. The SMILES string of the molecule is CN=C(NCc1ccccc1CS(=O)(=O)NC(C)C)NC(C)C.I. The molecule has 0 heterocycles. The Morgan fingerprint density at radius 3 is 2.17 bits per heavy atom. The molecule has 1 rings (SSSR count). The van der Waals surface area contributed by atoms with Gasteiger partial charge >= 0.3 is 0 Å². The van der Waals surface area contributed by atoms with Gasteiger partial charge in [0.05, 0.1) is 5.75 Å². The van der Waals surface area contributed by atoms with Gasteiger partial charge in [0.15, 0.2) is 5.96 Å². The van der Waals surface area contributed by atoms with Gasteiger partial charge < -0.3 is 10.6 Å². The lowest BCUT2D eigenvalue weighted by molar-refractivity contribution is 0.568. The molecule has 0 aliphatic carbocycles. The molecule has 0 fully saturated rings. The molecule has 1 aromatic rings. The first kappa shape index (κ1) is 23.1. The summed E-state index contributed by atoms with van der Waals surface area (Å²) in [6.07, 6.45) is 0. The third kappa shape index (κ3) is 8.84. The fraction of sp³-hybridized carbons (Fsp3) is 0.562. The van der Waals surface area contributed by atoms with Crippen molar-refractivity contribution < 1.29 is 8.42 Å². The Bertz CT molecular complexity index is 631. The van der Waals surface area contributed by atoms with Crippen molar-refractivity contribution in [3.63, 3.8) is 0 Å². The highest BCUT2D eigenvalue weighted by Crippen LogP contribution is 2.12. The smallest absolute Gasteiger partial charge is 0.216 e. The summed E-state index contributed by atoms with van der Waals surface area (Å²) in [4.78, 5) is 4.15. The summed E-state index contributed by atoms with van der Waals surface area (Å²) in [6, 6.07) is 7.68. The fourth-order valence-corrected chi connectivity index (χ4v) is 3.62. The molecule has 0 unspecified atom stereocenters. The number of hydrogen-bond donors (Lipinski definition) is 3. The van der Waals surface area contributed by atoms with Crippen LogP contribution in [0.4, 0.5) is 0 Å². The van der Waals surface area contributed by atoms with E-state index in [1.807, 2.05) is 52.0 Å². The molecule has 0 amide bonds. The van der Waals surface area contributed by atoms with Crippen molar-refractivity contribution in [2.75, 3.05) is 7.05 Å². The molecular weight excluding hydrogens is 439 g/mol. The van der Waals surface area contributed by atoms with E-state index in [1.54, 1.807) is 7.05 Å². The number of nitrogens with one attached hydrogen (secondary N) is 3. The van der Waals surface area contributed by atoms with Gasteiger partial charge in [-0.3, -0.25) is 4.99 Å². The second-order valence-electron chi connectivity index (χ2n) is 6.03. The largest absolute Gasteiger partial charge is 0.354 e. The number of sulfonamides is 1. The highest BCUT2D eigenvalue weighted by molar-refractivity contribution is 14.0. The summed E-state index contributed by atoms with van der Waals surface area (Å²) < 4.78 is 26.9. The van der Waals surface area contributed by atoms with Gasteiger partial charge in [-0.05, 0) is 38.8 Å². The molecule has 1 aromatic carbocycles. The summed E-state index contributed by atoms with van der Waals surface area (Å²) in [5.41, 5.74) is 1.72. The molecule has 0 spiro atoms. The normalized spacial score (nSPS) is 12.2. The van der Waals surface area contributed by atoms with Crippen LogP contribution in [0, 0.1) is 0 Å². The number of hydrogen-bond acceptors (Lipinski definition) is 3. The molecule has 24 heavy (non-hydrogen) atoms. The second-order valence-corrected chi connectivity index (χ2v) is 7.78. The molecule has 138 valence electrons. The lowest BCUT2D eigenvalue weighted by Crippen LogP contribution is -2.40. The second kappa shape index (κ2) is 10.9. The van der Waals surface area contributed by atoms with E-state index in [4.69, 9.17) is 0 Å². The van der Waals surface area contributed by atoms with Gasteiger partial charge in [0, 0.05) is 25.7 Å². The molecular formula is C16H29IN4O2S. The first-order valence-corrected chi connectivity index (χ1v) is 9.42. The van der Waals surface area contributed by atoms with Crippen molar-refractivity contribution in [1.29, 1.82) is 0 Å². The van der Waals surface area contributed by atoms with E-state index in [9.17, 15) is 8.42 Å². The van der Waals surface area contributed by atoms with Gasteiger partial charge in [-0.2, -0.15) is 0 Å². The van der Waals surface area contributed by atoms with Gasteiger partial charge in [0.2, 0.25) is 10.0 Å². The molecule has 0 saturated heterocycles. The van der Waals surface area contributed by atoms with Crippen LogP contribution >= 0.6 is 24.0 Å². The monoisotopic (exact) mass is 468 g/mol. The van der Waals surface area contributed by atoms with Gasteiger partial charge in [-0.25, -0.2) is 13.1 Å². The molecule has 0 saturated carbocycles. The molecule has 6 nitrogen and oxygen atoms in total. The van der Waals surface area contributed by atoms with Gasteiger partial charge in [-0.1, -0.05) is 24.3 Å². The van der Waals surface area contributed by atoms with Gasteiger partial charge in [0.25, 0.3) is 0 Å². The molecule has 3 N–H and O–H groups in total.